The Labute approximate surface area is 189 Å². The van der Waals surface area contributed by atoms with Crippen molar-refractivity contribution in [3.63, 3.8) is 0 Å². The molecule has 0 radical (unpaired) electrons. The Hall–Kier alpha value is -3.22. The van der Waals surface area contributed by atoms with Gasteiger partial charge in [0.25, 0.3) is 0 Å². The molecule has 1 aliphatic heterocycles. The molecule has 0 amide bonds. The van der Waals surface area contributed by atoms with Crippen molar-refractivity contribution in [2.75, 3.05) is 13.1 Å². The van der Waals surface area contributed by atoms with Crippen LogP contribution in [0.3, 0.4) is 0 Å². The van der Waals surface area contributed by atoms with Crippen molar-refractivity contribution in [3.8, 4) is 0 Å². The first kappa shape index (κ1) is 23.4. The molecule has 0 aliphatic carbocycles. The third-order valence-electron chi connectivity index (χ3n) is 5.44. The van der Waals surface area contributed by atoms with Gasteiger partial charge in [-0.05, 0) is 38.3 Å². The van der Waals surface area contributed by atoms with E-state index in [2.05, 4.69) is 15.8 Å². The summed E-state index contributed by atoms with van der Waals surface area (Å²) in [5.41, 5.74) is 3.51. The summed E-state index contributed by atoms with van der Waals surface area (Å²) in [6.45, 7) is 7.03. The molecule has 3 rings (SSSR count). The van der Waals surface area contributed by atoms with Crippen molar-refractivity contribution < 1.29 is 19.2 Å². The molecule has 0 atom stereocenters. The van der Waals surface area contributed by atoms with E-state index in [1.54, 1.807) is 13.8 Å². The molecule has 0 bridgehead atoms. The highest BCUT2D eigenvalue weighted by Gasteiger charge is 2.30. The average Bonchev–Trinajstić information content (AvgIpc) is 3.26. The zero-order chi connectivity index (χ0) is 23.1. The fourth-order valence-electron chi connectivity index (χ4n) is 3.39. The second-order valence-electron chi connectivity index (χ2n) is 8.37. The smallest absolute Gasteiger partial charge is 0.356 e. The van der Waals surface area contributed by atoms with E-state index in [0.29, 0.717) is 6.54 Å². The van der Waals surface area contributed by atoms with Crippen molar-refractivity contribution in [1.82, 2.24) is 4.90 Å². The molecular weight excluding hydrogens is 404 g/mol. The molecule has 0 aromatic heterocycles. The monoisotopic (exact) mass is 434 g/mol. The van der Waals surface area contributed by atoms with Gasteiger partial charge in [0.2, 0.25) is 5.78 Å². The van der Waals surface area contributed by atoms with Gasteiger partial charge in [0.1, 0.15) is 0 Å². The summed E-state index contributed by atoms with van der Waals surface area (Å²) in [5.74, 6) is 4.39. The van der Waals surface area contributed by atoms with E-state index in [1.807, 2.05) is 67.6 Å². The topological polar surface area (TPSA) is 81.9 Å². The number of carbonyl (C=O) groups is 2. The number of nitrogens with two attached hydrogens (primary N) is 1. The van der Waals surface area contributed by atoms with E-state index in [1.165, 1.54) is 0 Å². The molecule has 6 heteroatoms. The fourth-order valence-corrected chi connectivity index (χ4v) is 3.39. The van der Waals surface area contributed by atoms with Crippen LogP contribution in [0, 0.1) is 6.92 Å². The average molecular weight is 435 g/mol. The summed E-state index contributed by atoms with van der Waals surface area (Å²) in [6, 6.07) is 15.6. The SMILES string of the molecule is Cc1ccc(C(=O)C2=CCCN2C/C=C/c2ccc(COC(C)(C)C(=O)ON)cc2)cc1. The van der Waals surface area contributed by atoms with Gasteiger partial charge in [-0.2, -0.15) is 5.90 Å². The molecular formula is C26H30N2O4. The van der Waals surface area contributed by atoms with Gasteiger partial charge in [-0.3, -0.25) is 4.79 Å². The lowest BCUT2D eigenvalue weighted by atomic mass is 10.1. The fraction of sp³-hybridized carbons (Fsp3) is 0.308. The Morgan fingerprint density at radius 1 is 1.09 bits per heavy atom. The molecule has 2 N–H and O–H groups in total. The van der Waals surface area contributed by atoms with Crippen LogP contribution in [-0.4, -0.2) is 35.3 Å². The number of allylic oxidation sites excluding steroid dienone is 1. The van der Waals surface area contributed by atoms with Crippen LogP contribution in [0.5, 0.6) is 0 Å². The Morgan fingerprint density at radius 2 is 1.78 bits per heavy atom. The van der Waals surface area contributed by atoms with Crippen LogP contribution in [0.25, 0.3) is 6.08 Å². The second kappa shape index (κ2) is 10.4. The molecule has 6 nitrogen and oxygen atoms in total. The van der Waals surface area contributed by atoms with Crippen molar-refractivity contribution in [2.24, 2.45) is 5.90 Å². The zero-order valence-electron chi connectivity index (χ0n) is 18.8. The van der Waals surface area contributed by atoms with Gasteiger partial charge in [-0.1, -0.05) is 72.3 Å². The first-order valence-electron chi connectivity index (χ1n) is 10.7. The lowest BCUT2D eigenvalue weighted by Gasteiger charge is -2.21. The zero-order valence-corrected chi connectivity index (χ0v) is 18.8. The summed E-state index contributed by atoms with van der Waals surface area (Å²) >= 11 is 0. The lowest BCUT2D eigenvalue weighted by Crippen LogP contribution is -2.38. The molecule has 2 aromatic carbocycles. The normalized spacial score (nSPS) is 14.0. The van der Waals surface area contributed by atoms with E-state index in [9.17, 15) is 9.59 Å². The molecule has 1 heterocycles. The number of hydrogen-bond donors (Lipinski definition) is 1. The second-order valence-corrected chi connectivity index (χ2v) is 8.37. The first-order chi connectivity index (χ1) is 15.3. The highest BCUT2D eigenvalue weighted by atomic mass is 16.7. The van der Waals surface area contributed by atoms with Crippen LogP contribution in [-0.2, 0) is 21.0 Å². The van der Waals surface area contributed by atoms with Crippen molar-refractivity contribution in [3.05, 3.63) is 88.6 Å². The summed E-state index contributed by atoms with van der Waals surface area (Å²) in [5, 5.41) is 0. The minimum absolute atomic E-state index is 0.0710. The van der Waals surface area contributed by atoms with Crippen LogP contribution in [0.4, 0.5) is 0 Å². The number of Topliss-reactive ketones (excluding diaryl/α,β-unsaturated/α-hetero) is 1. The predicted molar refractivity (Wildman–Crippen MR) is 124 cm³/mol. The Balaban J connectivity index is 1.54. The number of hydrogen-bond acceptors (Lipinski definition) is 6. The minimum atomic E-state index is -1.11. The van der Waals surface area contributed by atoms with Gasteiger partial charge < -0.3 is 14.5 Å². The maximum absolute atomic E-state index is 12.9. The van der Waals surface area contributed by atoms with E-state index in [4.69, 9.17) is 10.6 Å². The number of ether oxygens (including phenoxy) is 1. The summed E-state index contributed by atoms with van der Waals surface area (Å²) < 4.78 is 5.62. The van der Waals surface area contributed by atoms with E-state index in [-0.39, 0.29) is 12.4 Å². The molecule has 0 saturated carbocycles. The van der Waals surface area contributed by atoms with Crippen molar-refractivity contribution >= 4 is 17.8 Å². The Kier molecular flexibility index (Phi) is 7.62. The standard InChI is InChI=1S/C26H30N2O4/c1-19-8-14-22(15-9-19)24(29)23-7-5-17-28(23)16-4-6-20-10-12-21(13-11-20)18-31-26(2,3)25(30)32-27/h4,6-15H,5,16-18,27H2,1-3H3/b6-4+. The Bertz CT molecular complexity index is 1010. The highest BCUT2D eigenvalue weighted by molar-refractivity contribution is 6.08. The number of aryl methyl sites for hydroxylation is 1. The van der Waals surface area contributed by atoms with Crippen molar-refractivity contribution in [1.29, 1.82) is 0 Å². The van der Waals surface area contributed by atoms with Crippen LogP contribution in [0.2, 0.25) is 0 Å². The molecule has 1 aliphatic rings. The Morgan fingerprint density at radius 3 is 2.44 bits per heavy atom. The minimum Gasteiger partial charge on any atom is -0.371 e. The molecule has 0 unspecified atom stereocenters. The maximum atomic E-state index is 12.9. The molecule has 32 heavy (non-hydrogen) atoms. The largest absolute Gasteiger partial charge is 0.371 e. The van der Waals surface area contributed by atoms with Crippen molar-refractivity contribution in [2.45, 2.75) is 39.4 Å². The van der Waals surface area contributed by atoms with Crippen LogP contribution >= 0.6 is 0 Å². The van der Waals surface area contributed by atoms with E-state index in [0.717, 1.165) is 40.9 Å². The van der Waals surface area contributed by atoms with E-state index < -0.39 is 11.6 Å². The quantitative estimate of drug-likeness (QED) is 0.471. The number of carbonyl (C=O) groups excluding carboxylic acids is 2. The van der Waals surface area contributed by atoms with Gasteiger partial charge in [-0.15, -0.1) is 0 Å². The third-order valence-corrected chi connectivity index (χ3v) is 5.44. The predicted octanol–water partition coefficient (Wildman–Crippen LogP) is 4.19. The number of nitrogens with zero attached hydrogens (tertiary/aromatic N) is 1. The summed E-state index contributed by atoms with van der Waals surface area (Å²) in [4.78, 5) is 30.8. The maximum Gasteiger partial charge on any atom is 0.356 e. The summed E-state index contributed by atoms with van der Waals surface area (Å²) in [6.07, 6.45) is 7.00. The molecule has 0 spiro atoms. The van der Waals surface area contributed by atoms with Gasteiger partial charge in [0.15, 0.2) is 5.60 Å². The van der Waals surface area contributed by atoms with Gasteiger partial charge in [-0.25, -0.2) is 4.79 Å². The molecule has 0 saturated heterocycles. The molecule has 168 valence electrons. The summed E-state index contributed by atoms with van der Waals surface area (Å²) in [7, 11) is 0. The van der Waals surface area contributed by atoms with Gasteiger partial charge in [0, 0.05) is 18.7 Å². The molecule has 0 fully saturated rings. The van der Waals surface area contributed by atoms with Crippen LogP contribution < -0.4 is 5.90 Å². The number of ketones is 1. The van der Waals surface area contributed by atoms with Gasteiger partial charge >= 0.3 is 5.97 Å². The third kappa shape index (κ3) is 5.93. The van der Waals surface area contributed by atoms with Crippen LogP contribution in [0.1, 0.15) is 47.3 Å². The number of rotatable bonds is 9. The van der Waals surface area contributed by atoms with E-state index >= 15 is 0 Å². The van der Waals surface area contributed by atoms with Gasteiger partial charge in [0.05, 0.1) is 12.3 Å². The molecule has 2 aromatic rings. The van der Waals surface area contributed by atoms with Crippen LogP contribution in [0.15, 0.2) is 66.4 Å². The number of benzene rings is 2. The lowest BCUT2D eigenvalue weighted by molar-refractivity contribution is -0.170. The highest BCUT2D eigenvalue weighted by Crippen LogP contribution is 2.20. The first-order valence-corrected chi connectivity index (χ1v) is 10.7.